The van der Waals surface area contributed by atoms with E-state index in [4.69, 9.17) is 5.11 Å². The highest BCUT2D eigenvalue weighted by atomic mass is 19.2. The van der Waals surface area contributed by atoms with Crippen molar-refractivity contribution in [2.24, 2.45) is 0 Å². The van der Waals surface area contributed by atoms with Gasteiger partial charge in [-0.15, -0.1) is 0 Å². The normalized spacial score (nSPS) is 9.95. The molecule has 20 heavy (non-hydrogen) atoms. The monoisotopic (exact) mass is 287 g/mol. The van der Waals surface area contributed by atoms with Crippen LogP contribution in [0, 0.1) is 11.6 Å². The molecule has 0 aromatic heterocycles. The predicted molar refractivity (Wildman–Crippen MR) is 62.3 cm³/mol. The average molecular weight is 287 g/mol. The van der Waals surface area contributed by atoms with Gasteiger partial charge in [-0.2, -0.15) is 0 Å². The van der Waals surface area contributed by atoms with Gasteiger partial charge in [-0.05, 0) is 19.1 Å². The Kier molecular flexibility index (Phi) is 5.13. The van der Waals surface area contributed by atoms with Gasteiger partial charge in [-0.25, -0.2) is 13.6 Å². The predicted octanol–water partition coefficient (Wildman–Crippen LogP) is 0.956. The third-order valence-corrected chi connectivity index (χ3v) is 2.23. The van der Waals surface area contributed by atoms with Gasteiger partial charge in [0, 0.05) is 0 Å². The molecule has 0 atom stereocenters. The second kappa shape index (κ2) is 6.60. The maximum atomic E-state index is 13.1. The first-order chi connectivity index (χ1) is 9.36. The Morgan fingerprint density at radius 3 is 2.25 bits per heavy atom. The average Bonchev–Trinajstić information content (AvgIpc) is 2.38. The van der Waals surface area contributed by atoms with Crippen LogP contribution in [0.25, 0.3) is 0 Å². The molecular weight excluding hydrogens is 276 g/mol. The standard InChI is InChI=1S/C12H11F2NO5/c1-2-20-10(16)5-15-11(17)6-3-8(13)9(14)4-7(6)12(18)19/h3-4H,2,5H2,1H3,(H,15,17)(H,18,19). The molecule has 8 heteroatoms. The summed E-state index contributed by atoms with van der Waals surface area (Å²) in [6.07, 6.45) is 0. The number of hydrogen-bond donors (Lipinski definition) is 2. The van der Waals surface area contributed by atoms with Crippen LogP contribution in [-0.2, 0) is 9.53 Å². The van der Waals surface area contributed by atoms with Gasteiger partial charge in [-0.3, -0.25) is 9.59 Å². The Balaban J connectivity index is 2.95. The number of carbonyl (C=O) groups excluding carboxylic acids is 2. The van der Waals surface area contributed by atoms with Crippen LogP contribution in [0.2, 0.25) is 0 Å². The van der Waals surface area contributed by atoms with Crippen LogP contribution in [0.15, 0.2) is 12.1 Å². The zero-order valence-electron chi connectivity index (χ0n) is 10.4. The van der Waals surface area contributed by atoms with Crippen LogP contribution in [0.5, 0.6) is 0 Å². The minimum absolute atomic E-state index is 0.111. The Hall–Kier alpha value is -2.51. The molecule has 0 aliphatic rings. The van der Waals surface area contributed by atoms with Crippen molar-refractivity contribution >= 4 is 17.8 Å². The molecule has 0 fully saturated rings. The maximum absolute atomic E-state index is 13.1. The molecule has 0 aliphatic heterocycles. The highest BCUT2D eigenvalue weighted by Crippen LogP contribution is 2.15. The molecule has 0 saturated heterocycles. The van der Waals surface area contributed by atoms with Gasteiger partial charge in [0.05, 0.1) is 17.7 Å². The van der Waals surface area contributed by atoms with Crippen molar-refractivity contribution in [2.75, 3.05) is 13.2 Å². The van der Waals surface area contributed by atoms with Crippen molar-refractivity contribution in [1.82, 2.24) is 5.32 Å². The highest BCUT2D eigenvalue weighted by Gasteiger charge is 2.20. The molecule has 0 heterocycles. The number of amides is 1. The van der Waals surface area contributed by atoms with E-state index in [0.717, 1.165) is 0 Å². The Morgan fingerprint density at radius 1 is 1.20 bits per heavy atom. The summed E-state index contributed by atoms with van der Waals surface area (Å²) in [7, 11) is 0. The van der Waals surface area contributed by atoms with Crippen molar-refractivity contribution < 1.29 is 33.0 Å². The minimum Gasteiger partial charge on any atom is -0.478 e. The third-order valence-electron chi connectivity index (χ3n) is 2.23. The van der Waals surface area contributed by atoms with Crippen LogP contribution in [0.3, 0.4) is 0 Å². The van der Waals surface area contributed by atoms with E-state index in [-0.39, 0.29) is 6.61 Å². The fourth-order valence-electron chi connectivity index (χ4n) is 1.37. The van der Waals surface area contributed by atoms with Gasteiger partial charge < -0.3 is 15.2 Å². The van der Waals surface area contributed by atoms with Crippen LogP contribution in [-0.4, -0.2) is 36.1 Å². The molecule has 1 aromatic rings. The molecule has 1 rings (SSSR count). The topological polar surface area (TPSA) is 92.7 Å². The molecular formula is C12H11F2NO5. The highest BCUT2D eigenvalue weighted by molar-refractivity contribution is 6.05. The van der Waals surface area contributed by atoms with Crippen molar-refractivity contribution in [3.8, 4) is 0 Å². The molecule has 6 nitrogen and oxygen atoms in total. The number of halogens is 2. The third kappa shape index (κ3) is 3.74. The summed E-state index contributed by atoms with van der Waals surface area (Å²) in [6.45, 7) is 1.17. The molecule has 1 amide bonds. The Bertz CT molecular complexity index is 559. The first kappa shape index (κ1) is 15.5. The van der Waals surface area contributed by atoms with Gasteiger partial charge >= 0.3 is 11.9 Å². The van der Waals surface area contributed by atoms with Gasteiger partial charge in [-0.1, -0.05) is 0 Å². The number of aromatic carboxylic acids is 1. The van der Waals surface area contributed by atoms with E-state index in [1.54, 1.807) is 6.92 Å². The molecule has 0 bridgehead atoms. The molecule has 0 radical (unpaired) electrons. The summed E-state index contributed by atoms with van der Waals surface area (Å²) < 4.78 is 30.6. The first-order valence-corrected chi connectivity index (χ1v) is 5.53. The lowest BCUT2D eigenvalue weighted by Crippen LogP contribution is -2.31. The number of carboxylic acids is 1. The number of rotatable bonds is 5. The summed E-state index contributed by atoms with van der Waals surface area (Å²) in [4.78, 5) is 33.6. The summed E-state index contributed by atoms with van der Waals surface area (Å²) in [5, 5.41) is 10.9. The van der Waals surface area contributed by atoms with Crippen LogP contribution in [0.1, 0.15) is 27.6 Å². The summed E-state index contributed by atoms with van der Waals surface area (Å²) >= 11 is 0. The molecule has 0 aliphatic carbocycles. The van der Waals surface area contributed by atoms with Gasteiger partial charge in [0.1, 0.15) is 6.54 Å². The number of hydrogen-bond acceptors (Lipinski definition) is 4. The first-order valence-electron chi connectivity index (χ1n) is 5.53. The summed E-state index contributed by atoms with van der Waals surface area (Å²) in [5.74, 6) is -6.10. The Labute approximate surface area is 112 Å². The number of carboxylic acid groups (broad SMARTS) is 1. The van der Waals surface area contributed by atoms with E-state index in [1.807, 2.05) is 0 Å². The maximum Gasteiger partial charge on any atom is 0.336 e. The molecule has 0 spiro atoms. The van der Waals surface area contributed by atoms with E-state index in [1.165, 1.54) is 0 Å². The lowest BCUT2D eigenvalue weighted by atomic mass is 10.1. The van der Waals surface area contributed by atoms with E-state index < -0.39 is 47.2 Å². The lowest BCUT2D eigenvalue weighted by molar-refractivity contribution is -0.141. The molecule has 0 saturated carbocycles. The fourth-order valence-corrected chi connectivity index (χ4v) is 1.37. The summed E-state index contributed by atoms with van der Waals surface area (Å²) in [5.41, 5.74) is -1.29. The Morgan fingerprint density at radius 2 is 1.75 bits per heavy atom. The zero-order valence-corrected chi connectivity index (χ0v) is 10.4. The number of ether oxygens (including phenoxy) is 1. The number of nitrogens with one attached hydrogen (secondary N) is 1. The second-order valence-corrected chi connectivity index (χ2v) is 3.60. The quantitative estimate of drug-likeness (QED) is 0.787. The fraction of sp³-hybridized carbons (Fsp3) is 0.250. The lowest BCUT2D eigenvalue weighted by Gasteiger charge is -2.08. The van der Waals surface area contributed by atoms with Crippen molar-refractivity contribution in [1.29, 1.82) is 0 Å². The zero-order chi connectivity index (χ0) is 15.3. The molecule has 1 aromatic carbocycles. The van der Waals surface area contributed by atoms with Crippen LogP contribution < -0.4 is 5.32 Å². The van der Waals surface area contributed by atoms with E-state index in [2.05, 4.69) is 10.1 Å². The van der Waals surface area contributed by atoms with Gasteiger partial charge in [0.2, 0.25) is 0 Å². The van der Waals surface area contributed by atoms with Crippen molar-refractivity contribution in [3.63, 3.8) is 0 Å². The number of benzene rings is 1. The largest absolute Gasteiger partial charge is 0.478 e. The SMILES string of the molecule is CCOC(=O)CNC(=O)c1cc(F)c(F)cc1C(=O)O. The molecule has 2 N–H and O–H groups in total. The van der Waals surface area contributed by atoms with Crippen LogP contribution >= 0.6 is 0 Å². The number of carbonyl (C=O) groups is 3. The van der Waals surface area contributed by atoms with Gasteiger partial charge in [0.15, 0.2) is 11.6 Å². The van der Waals surface area contributed by atoms with Gasteiger partial charge in [0.25, 0.3) is 5.91 Å². The van der Waals surface area contributed by atoms with Crippen molar-refractivity contribution in [2.45, 2.75) is 6.92 Å². The molecule has 108 valence electrons. The minimum atomic E-state index is -1.59. The second-order valence-electron chi connectivity index (χ2n) is 3.60. The van der Waals surface area contributed by atoms with E-state index in [9.17, 15) is 23.2 Å². The summed E-state index contributed by atoms with van der Waals surface area (Å²) in [6, 6.07) is 0.857. The van der Waals surface area contributed by atoms with Crippen molar-refractivity contribution in [3.05, 3.63) is 34.9 Å². The molecule has 0 unspecified atom stereocenters. The van der Waals surface area contributed by atoms with Crippen LogP contribution in [0.4, 0.5) is 8.78 Å². The smallest absolute Gasteiger partial charge is 0.336 e. The number of esters is 1. The van der Waals surface area contributed by atoms with E-state index in [0.29, 0.717) is 12.1 Å². The van der Waals surface area contributed by atoms with E-state index >= 15 is 0 Å².